The van der Waals surface area contributed by atoms with Crippen molar-refractivity contribution in [2.75, 3.05) is 6.54 Å². The highest BCUT2D eigenvalue weighted by molar-refractivity contribution is 7.09. The second kappa shape index (κ2) is 6.50. The zero-order valence-corrected chi connectivity index (χ0v) is 13.7. The van der Waals surface area contributed by atoms with E-state index in [4.69, 9.17) is 0 Å². The average Bonchev–Trinajstić information content (AvgIpc) is 2.96. The Morgan fingerprint density at radius 2 is 2.17 bits per heavy atom. The zero-order valence-electron chi connectivity index (χ0n) is 12.9. The van der Waals surface area contributed by atoms with Gasteiger partial charge in [-0.1, -0.05) is 24.3 Å². The topological polar surface area (TPSA) is 70.5 Å². The third-order valence-electron chi connectivity index (χ3n) is 4.10. The highest BCUT2D eigenvalue weighted by Gasteiger charge is 2.35. The molecule has 1 atom stereocenters. The number of amides is 1. The molecule has 0 fully saturated rings. The number of carbonyl (C=O) groups is 2. The molecule has 1 aromatic heterocycles. The van der Waals surface area contributed by atoms with Crippen LogP contribution in [-0.2, 0) is 22.4 Å². The first-order valence-corrected chi connectivity index (χ1v) is 8.45. The van der Waals surface area contributed by atoms with Crippen LogP contribution in [0.5, 0.6) is 0 Å². The fourth-order valence-electron chi connectivity index (χ4n) is 3.00. The Hall–Kier alpha value is -2.21. The van der Waals surface area contributed by atoms with Crippen molar-refractivity contribution in [3.8, 4) is 0 Å². The van der Waals surface area contributed by atoms with E-state index >= 15 is 0 Å². The Balaban J connectivity index is 1.76. The molecule has 0 spiro atoms. The normalized spacial score (nSPS) is 16.9. The summed E-state index contributed by atoms with van der Waals surface area (Å²) in [7, 11) is 0. The van der Waals surface area contributed by atoms with E-state index in [1.165, 1.54) is 4.90 Å². The number of benzene rings is 1. The SMILES string of the molecule is Cc1nc(CCC(=O)N2CCc3ccccc3C2C(=O)O)cs1. The molecule has 1 aromatic carbocycles. The molecule has 6 heteroatoms. The van der Waals surface area contributed by atoms with Crippen molar-refractivity contribution < 1.29 is 14.7 Å². The first kappa shape index (κ1) is 15.7. The number of rotatable bonds is 4. The Bertz CT molecular complexity index is 741. The molecule has 1 amide bonds. The van der Waals surface area contributed by atoms with Crippen molar-refractivity contribution in [2.24, 2.45) is 0 Å². The van der Waals surface area contributed by atoms with Gasteiger partial charge >= 0.3 is 5.97 Å². The predicted molar refractivity (Wildman–Crippen MR) is 87.4 cm³/mol. The van der Waals surface area contributed by atoms with Crippen molar-refractivity contribution in [2.45, 2.75) is 32.2 Å². The van der Waals surface area contributed by atoms with Gasteiger partial charge in [0.1, 0.15) is 0 Å². The summed E-state index contributed by atoms with van der Waals surface area (Å²) in [6.45, 7) is 2.38. The smallest absolute Gasteiger partial charge is 0.331 e. The number of hydrogen-bond acceptors (Lipinski definition) is 4. The highest BCUT2D eigenvalue weighted by atomic mass is 32.1. The lowest BCUT2D eigenvalue weighted by molar-refractivity contribution is -0.151. The fourth-order valence-corrected chi connectivity index (χ4v) is 3.65. The van der Waals surface area contributed by atoms with Gasteiger partial charge in [0.15, 0.2) is 6.04 Å². The van der Waals surface area contributed by atoms with Gasteiger partial charge < -0.3 is 10.0 Å². The summed E-state index contributed by atoms with van der Waals surface area (Å²) in [5.41, 5.74) is 2.63. The third-order valence-corrected chi connectivity index (χ3v) is 4.92. The number of aryl methyl sites for hydroxylation is 2. The summed E-state index contributed by atoms with van der Waals surface area (Å²) in [5, 5.41) is 12.5. The molecule has 2 aromatic rings. The molecule has 0 bridgehead atoms. The zero-order chi connectivity index (χ0) is 16.4. The number of thiazole rings is 1. The van der Waals surface area contributed by atoms with Crippen LogP contribution in [0.3, 0.4) is 0 Å². The van der Waals surface area contributed by atoms with Crippen LogP contribution in [-0.4, -0.2) is 33.4 Å². The molecular weight excluding hydrogens is 312 g/mol. The summed E-state index contributed by atoms with van der Waals surface area (Å²) >= 11 is 1.56. The van der Waals surface area contributed by atoms with Crippen molar-refractivity contribution in [3.63, 3.8) is 0 Å². The van der Waals surface area contributed by atoms with Crippen molar-refractivity contribution in [1.29, 1.82) is 0 Å². The summed E-state index contributed by atoms with van der Waals surface area (Å²) in [6.07, 6.45) is 1.53. The van der Waals surface area contributed by atoms with Crippen molar-refractivity contribution in [1.82, 2.24) is 9.88 Å². The summed E-state index contributed by atoms with van der Waals surface area (Å²) in [5.74, 6) is -1.10. The van der Waals surface area contributed by atoms with Crippen LogP contribution in [0.4, 0.5) is 0 Å². The van der Waals surface area contributed by atoms with Crippen LogP contribution < -0.4 is 0 Å². The van der Waals surface area contributed by atoms with Gasteiger partial charge in [-0.2, -0.15) is 0 Å². The van der Waals surface area contributed by atoms with Crippen LogP contribution in [0.2, 0.25) is 0 Å². The number of aliphatic carboxylic acids is 1. The molecule has 120 valence electrons. The number of fused-ring (bicyclic) bond motifs is 1. The lowest BCUT2D eigenvalue weighted by atomic mass is 9.92. The molecule has 0 saturated heterocycles. The quantitative estimate of drug-likeness (QED) is 0.935. The molecule has 3 rings (SSSR count). The Kier molecular flexibility index (Phi) is 4.43. The van der Waals surface area contributed by atoms with Crippen LogP contribution in [0.25, 0.3) is 0 Å². The first-order chi connectivity index (χ1) is 11.1. The molecule has 0 aliphatic carbocycles. The lowest BCUT2D eigenvalue weighted by Crippen LogP contribution is -2.43. The number of hydrogen-bond donors (Lipinski definition) is 1. The Labute approximate surface area is 138 Å². The third kappa shape index (κ3) is 3.27. The van der Waals surface area contributed by atoms with Crippen LogP contribution in [0.1, 0.15) is 34.3 Å². The molecule has 23 heavy (non-hydrogen) atoms. The molecule has 2 heterocycles. The van der Waals surface area contributed by atoms with Crippen LogP contribution in [0.15, 0.2) is 29.6 Å². The number of carboxylic acid groups (broad SMARTS) is 1. The van der Waals surface area contributed by atoms with Gasteiger partial charge in [-0.25, -0.2) is 9.78 Å². The number of carboxylic acids is 1. The van der Waals surface area contributed by atoms with E-state index in [9.17, 15) is 14.7 Å². The number of aromatic nitrogens is 1. The molecule has 1 aliphatic heterocycles. The second-order valence-corrected chi connectivity index (χ2v) is 6.70. The van der Waals surface area contributed by atoms with Gasteiger partial charge in [-0.3, -0.25) is 4.79 Å². The van der Waals surface area contributed by atoms with Gasteiger partial charge in [0, 0.05) is 18.3 Å². The predicted octanol–water partition coefficient (Wildman–Crippen LogP) is 2.59. The van der Waals surface area contributed by atoms with E-state index in [0.717, 1.165) is 21.8 Å². The standard InChI is InChI=1S/C17H18N2O3S/c1-11-18-13(10-23-11)6-7-15(20)19-9-8-12-4-2-3-5-14(12)16(19)17(21)22/h2-5,10,16H,6-9H2,1H3,(H,21,22). The lowest BCUT2D eigenvalue weighted by Gasteiger charge is -2.34. The summed E-state index contributed by atoms with van der Waals surface area (Å²) in [4.78, 5) is 30.1. The molecule has 1 N–H and O–H groups in total. The van der Waals surface area contributed by atoms with Crippen molar-refractivity contribution >= 4 is 23.2 Å². The number of carbonyl (C=O) groups excluding carboxylic acids is 1. The molecule has 0 radical (unpaired) electrons. The minimum Gasteiger partial charge on any atom is -0.479 e. The van der Waals surface area contributed by atoms with Gasteiger partial charge in [0.05, 0.1) is 10.7 Å². The second-order valence-electron chi connectivity index (χ2n) is 5.63. The van der Waals surface area contributed by atoms with E-state index in [2.05, 4.69) is 4.98 Å². The van der Waals surface area contributed by atoms with Crippen LogP contribution >= 0.6 is 11.3 Å². The van der Waals surface area contributed by atoms with Gasteiger partial charge in [0.2, 0.25) is 5.91 Å². The molecule has 5 nitrogen and oxygen atoms in total. The first-order valence-electron chi connectivity index (χ1n) is 7.57. The Morgan fingerprint density at radius 1 is 1.39 bits per heavy atom. The molecule has 0 saturated carbocycles. The summed E-state index contributed by atoms with van der Waals surface area (Å²) < 4.78 is 0. The minimum absolute atomic E-state index is 0.127. The minimum atomic E-state index is -0.977. The van der Waals surface area contributed by atoms with Crippen molar-refractivity contribution in [3.05, 3.63) is 51.5 Å². The van der Waals surface area contributed by atoms with E-state index in [-0.39, 0.29) is 12.3 Å². The Morgan fingerprint density at radius 3 is 2.87 bits per heavy atom. The maximum atomic E-state index is 12.5. The molecular formula is C17H18N2O3S. The van der Waals surface area contributed by atoms with Gasteiger partial charge in [-0.15, -0.1) is 11.3 Å². The van der Waals surface area contributed by atoms with E-state index in [0.29, 0.717) is 19.4 Å². The monoisotopic (exact) mass is 330 g/mol. The van der Waals surface area contributed by atoms with Gasteiger partial charge in [0.25, 0.3) is 0 Å². The number of nitrogens with zero attached hydrogens (tertiary/aromatic N) is 2. The van der Waals surface area contributed by atoms with Crippen LogP contribution in [0, 0.1) is 6.92 Å². The molecule has 1 aliphatic rings. The maximum absolute atomic E-state index is 12.5. The van der Waals surface area contributed by atoms with E-state index < -0.39 is 12.0 Å². The molecule has 1 unspecified atom stereocenters. The highest BCUT2D eigenvalue weighted by Crippen LogP contribution is 2.30. The largest absolute Gasteiger partial charge is 0.479 e. The van der Waals surface area contributed by atoms with E-state index in [1.54, 1.807) is 17.4 Å². The summed E-state index contributed by atoms with van der Waals surface area (Å²) in [6, 6.07) is 6.58. The van der Waals surface area contributed by atoms with E-state index in [1.807, 2.05) is 30.5 Å². The maximum Gasteiger partial charge on any atom is 0.331 e. The average molecular weight is 330 g/mol. The fraction of sp³-hybridized carbons (Fsp3) is 0.353. The van der Waals surface area contributed by atoms with Gasteiger partial charge in [-0.05, 0) is 30.9 Å².